The second-order valence-corrected chi connectivity index (χ2v) is 11.0. The van der Waals surface area contributed by atoms with Crippen LogP contribution >= 0.6 is 39.0 Å². The number of nitrogens with one attached hydrogen (secondary N) is 1. The largest absolute Gasteiger partial charge is 0.309 e. The minimum atomic E-state index is -3.36. The van der Waals surface area contributed by atoms with E-state index in [1.165, 1.54) is 24.2 Å². The summed E-state index contributed by atoms with van der Waals surface area (Å²) in [5, 5.41) is 3.43. The van der Waals surface area contributed by atoms with Gasteiger partial charge in [0, 0.05) is 36.3 Å². The smallest absolute Gasteiger partial charge is 0.245 e. The van der Waals surface area contributed by atoms with Crippen LogP contribution < -0.4 is 5.32 Å². The average molecular weight is 411 g/mol. The molecule has 0 bridgehead atoms. The Morgan fingerprint density at radius 2 is 2.14 bits per heavy atom. The van der Waals surface area contributed by atoms with Gasteiger partial charge in [0.15, 0.2) is 0 Å². The lowest BCUT2D eigenvalue weighted by molar-refractivity contribution is 0.435. The van der Waals surface area contributed by atoms with Gasteiger partial charge in [-0.3, -0.25) is 0 Å². The Morgan fingerprint density at radius 1 is 1.33 bits per heavy atom. The van der Waals surface area contributed by atoms with Crippen LogP contribution in [0.1, 0.15) is 24.1 Å². The molecule has 0 amide bonds. The summed E-state index contributed by atoms with van der Waals surface area (Å²) in [6.07, 6.45) is 3.41. The van der Waals surface area contributed by atoms with Crippen molar-refractivity contribution in [1.29, 1.82) is 0 Å². The molecule has 2 aliphatic rings. The minimum absolute atomic E-state index is 0.437. The molecule has 1 aromatic rings. The van der Waals surface area contributed by atoms with Crippen LogP contribution in [-0.4, -0.2) is 43.4 Å². The van der Waals surface area contributed by atoms with E-state index in [1.807, 2.05) is 17.8 Å². The molecule has 1 N–H and O–H groups in total. The highest BCUT2D eigenvalue weighted by Gasteiger charge is 2.29. The lowest BCUT2D eigenvalue weighted by Crippen LogP contribution is -2.32. The Labute approximate surface area is 142 Å². The van der Waals surface area contributed by atoms with Gasteiger partial charge in [0.2, 0.25) is 10.0 Å². The van der Waals surface area contributed by atoms with Gasteiger partial charge in [0.25, 0.3) is 0 Å². The third-order valence-electron chi connectivity index (χ3n) is 3.65. The molecule has 1 saturated heterocycles. The number of rotatable bonds is 5. The first kappa shape index (κ1) is 16.3. The Bertz CT molecular complexity index is 591. The van der Waals surface area contributed by atoms with Crippen LogP contribution in [0.4, 0.5) is 0 Å². The van der Waals surface area contributed by atoms with Gasteiger partial charge >= 0.3 is 0 Å². The summed E-state index contributed by atoms with van der Waals surface area (Å²) in [5.41, 5.74) is 0. The summed E-state index contributed by atoms with van der Waals surface area (Å²) in [5.74, 6) is 1.93. The van der Waals surface area contributed by atoms with E-state index in [-0.39, 0.29) is 0 Å². The highest BCUT2D eigenvalue weighted by Crippen LogP contribution is 2.34. The molecule has 1 aliphatic carbocycles. The molecule has 1 aliphatic heterocycles. The van der Waals surface area contributed by atoms with Crippen molar-refractivity contribution in [2.24, 2.45) is 0 Å². The summed E-state index contributed by atoms with van der Waals surface area (Å²) >= 11 is 6.80. The molecular weight excluding hydrogens is 392 g/mol. The van der Waals surface area contributed by atoms with Crippen molar-refractivity contribution in [2.45, 2.75) is 36.7 Å². The van der Waals surface area contributed by atoms with E-state index in [9.17, 15) is 8.42 Å². The number of halogens is 1. The molecule has 21 heavy (non-hydrogen) atoms. The van der Waals surface area contributed by atoms with Crippen molar-refractivity contribution in [3.8, 4) is 0 Å². The molecule has 2 heterocycles. The normalized spacial score (nSPS) is 21.4. The topological polar surface area (TPSA) is 49.4 Å². The van der Waals surface area contributed by atoms with Crippen LogP contribution in [0.15, 0.2) is 14.7 Å². The van der Waals surface area contributed by atoms with E-state index in [1.54, 1.807) is 4.31 Å². The molecular formula is C13H19BrN2O2S3. The van der Waals surface area contributed by atoms with Gasteiger partial charge in [-0.2, -0.15) is 16.1 Å². The Morgan fingerprint density at radius 3 is 2.90 bits per heavy atom. The zero-order valence-corrected chi connectivity index (χ0v) is 15.7. The van der Waals surface area contributed by atoms with Crippen molar-refractivity contribution in [3.63, 3.8) is 0 Å². The van der Waals surface area contributed by atoms with Crippen molar-refractivity contribution in [2.75, 3.05) is 24.6 Å². The molecule has 1 aromatic heterocycles. The summed E-state index contributed by atoms with van der Waals surface area (Å²) in [7, 11) is -3.36. The van der Waals surface area contributed by atoms with Gasteiger partial charge < -0.3 is 5.32 Å². The lowest BCUT2D eigenvalue weighted by Gasteiger charge is -2.19. The van der Waals surface area contributed by atoms with Crippen LogP contribution in [0.5, 0.6) is 0 Å². The van der Waals surface area contributed by atoms with Crippen molar-refractivity contribution in [1.82, 2.24) is 9.62 Å². The Balaban J connectivity index is 1.76. The first-order valence-electron chi connectivity index (χ1n) is 7.17. The zero-order valence-electron chi connectivity index (χ0n) is 11.7. The summed E-state index contributed by atoms with van der Waals surface area (Å²) < 4.78 is 28.0. The molecule has 0 radical (unpaired) electrons. The van der Waals surface area contributed by atoms with Crippen molar-refractivity contribution < 1.29 is 8.42 Å². The lowest BCUT2D eigenvalue weighted by atomic mass is 10.4. The fourth-order valence-electron chi connectivity index (χ4n) is 2.30. The SMILES string of the molecule is O=S(=O)(c1cc(CNC2CC2)sc1Br)N1CCCSCC1. The van der Waals surface area contributed by atoms with Crippen LogP contribution in [0, 0.1) is 0 Å². The van der Waals surface area contributed by atoms with E-state index in [0.717, 1.165) is 33.1 Å². The van der Waals surface area contributed by atoms with E-state index < -0.39 is 10.0 Å². The van der Waals surface area contributed by atoms with Crippen LogP contribution in [0.3, 0.4) is 0 Å². The quantitative estimate of drug-likeness (QED) is 0.810. The standard InChI is InChI=1S/C13H19BrN2O2S3/c14-13-12(8-11(20-13)9-15-10-2-3-10)21(17,18)16-4-1-6-19-7-5-16/h8,10,15H,1-7,9H2. The molecule has 0 aromatic carbocycles. The van der Waals surface area contributed by atoms with E-state index >= 15 is 0 Å². The van der Waals surface area contributed by atoms with E-state index in [0.29, 0.717) is 24.0 Å². The molecule has 4 nitrogen and oxygen atoms in total. The highest BCUT2D eigenvalue weighted by atomic mass is 79.9. The molecule has 1 saturated carbocycles. The molecule has 0 spiro atoms. The van der Waals surface area contributed by atoms with Crippen LogP contribution in [0.25, 0.3) is 0 Å². The summed E-state index contributed by atoms with van der Waals surface area (Å²) in [6.45, 7) is 2.01. The number of nitrogens with zero attached hydrogens (tertiary/aromatic N) is 1. The Kier molecular flexibility index (Phi) is 5.33. The van der Waals surface area contributed by atoms with Gasteiger partial charge in [-0.05, 0) is 47.0 Å². The van der Waals surface area contributed by atoms with Gasteiger partial charge in [-0.25, -0.2) is 8.42 Å². The minimum Gasteiger partial charge on any atom is -0.309 e. The summed E-state index contributed by atoms with van der Waals surface area (Å²) in [6, 6.07) is 2.46. The number of sulfonamides is 1. The summed E-state index contributed by atoms with van der Waals surface area (Å²) in [4.78, 5) is 1.52. The monoisotopic (exact) mass is 410 g/mol. The first-order chi connectivity index (χ1) is 10.1. The molecule has 0 atom stereocenters. The van der Waals surface area contributed by atoms with E-state index in [2.05, 4.69) is 21.2 Å². The van der Waals surface area contributed by atoms with Crippen LogP contribution in [-0.2, 0) is 16.6 Å². The predicted molar refractivity (Wildman–Crippen MR) is 92.6 cm³/mol. The average Bonchev–Trinajstić information content (AvgIpc) is 3.23. The van der Waals surface area contributed by atoms with E-state index in [4.69, 9.17) is 0 Å². The van der Waals surface area contributed by atoms with Crippen molar-refractivity contribution >= 4 is 49.1 Å². The number of thiophene rings is 1. The number of hydrogen-bond donors (Lipinski definition) is 1. The number of hydrogen-bond acceptors (Lipinski definition) is 5. The maximum absolute atomic E-state index is 12.8. The van der Waals surface area contributed by atoms with Gasteiger partial charge in [-0.1, -0.05) is 0 Å². The third-order valence-corrected chi connectivity index (χ3v) is 8.85. The fourth-order valence-corrected chi connectivity index (χ4v) is 7.36. The van der Waals surface area contributed by atoms with Gasteiger partial charge in [0.1, 0.15) is 4.90 Å². The second-order valence-electron chi connectivity index (χ2n) is 5.38. The fraction of sp³-hybridized carbons (Fsp3) is 0.692. The maximum atomic E-state index is 12.8. The molecule has 2 fully saturated rings. The predicted octanol–water partition coefficient (Wildman–Crippen LogP) is 2.89. The van der Waals surface area contributed by atoms with Gasteiger partial charge in [0.05, 0.1) is 3.79 Å². The van der Waals surface area contributed by atoms with Gasteiger partial charge in [-0.15, -0.1) is 11.3 Å². The highest BCUT2D eigenvalue weighted by molar-refractivity contribution is 9.11. The molecule has 3 rings (SSSR count). The first-order valence-corrected chi connectivity index (χ1v) is 11.4. The van der Waals surface area contributed by atoms with Crippen molar-refractivity contribution in [3.05, 3.63) is 14.7 Å². The maximum Gasteiger partial charge on any atom is 0.245 e. The Hall–Kier alpha value is 0.400. The second kappa shape index (κ2) is 6.88. The number of thioether (sulfide) groups is 1. The molecule has 8 heteroatoms. The van der Waals surface area contributed by atoms with Crippen LogP contribution in [0.2, 0.25) is 0 Å². The molecule has 0 unspecified atom stereocenters. The third kappa shape index (κ3) is 4.03. The molecule has 118 valence electrons. The zero-order chi connectivity index (χ0) is 14.9.